The van der Waals surface area contributed by atoms with Crippen molar-refractivity contribution in [3.8, 4) is 0 Å². The Labute approximate surface area is 84.3 Å². The largest absolute Gasteiger partial charge is 0.513 e. The Balaban J connectivity index is 4.12. The second-order valence-electron chi connectivity index (χ2n) is 3.66. The molecule has 0 aliphatic heterocycles. The average molecular weight is 206 g/mol. The van der Waals surface area contributed by atoms with E-state index in [0.29, 0.717) is 0 Å². The predicted molar refractivity (Wildman–Crippen MR) is 49.7 cm³/mol. The van der Waals surface area contributed by atoms with Gasteiger partial charge in [-0.15, -0.1) is 0 Å². The number of ether oxygens (including phenoxy) is 4. The van der Waals surface area contributed by atoms with Gasteiger partial charge >= 0.3 is 6.16 Å². The van der Waals surface area contributed by atoms with Crippen molar-refractivity contribution in [1.29, 1.82) is 0 Å². The molecule has 0 saturated carbocycles. The van der Waals surface area contributed by atoms with E-state index in [1.807, 2.05) is 0 Å². The van der Waals surface area contributed by atoms with Gasteiger partial charge in [-0.3, -0.25) is 0 Å². The molecule has 0 bridgehead atoms. The van der Waals surface area contributed by atoms with Gasteiger partial charge in [0.05, 0.1) is 0 Å². The van der Waals surface area contributed by atoms with Gasteiger partial charge < -0.3 is 18.9 Å². The highest BCUT2D eigenvalue weighted by atomic mass is 16.8. The van der Waals surface area contributed by atoms with Gasteiger partial charge in [0.2, 0.25) is 11.6 Å². The van der Waals surface area contributed by atoms with E-state index >= 15 is 0 Å². The number of methoxy groups -OCH3 is 2. The van der Waals surface area contributed by atoms with Gasteiger partial charge in [-0.2, -0.15) is 0 Å². The first kappa shape index (κ1) is 13.2. The molecular formula is C9H18O5. The molecule has 14 heavy (non-hydrogen) atoms. The molecule has 0 aromatic heterocycles. The third-order valence-electron chi connectivity index (χ3n) is 1.64. The Morgan fingerprint density at radius 3 is 1.36 bits per heavy atom. The van der Waals surface area contributed by atoms with Crippen LogP contribution in [0, 0.1) is 0 Å². The summed E-state index contributed by atoms with van der Waals surface area (Å²) >= 11 is 0. The molecule has 0 atom stereocenters. The van der Waals surface area contributed by atoms with Crippen LogP contribution >= 0.6 is 0 Å². The normalized spacial score (nSPS) is 12.4. The molecule has 0 spiro atoms. The Hall–Kier alpha value is -0.810. The molecule has 0 rings (SSSR count). The molecule has 5 heteroatoms. The summed E-state index contributed by atoms with van der Waals surface area (Å²) in [7, 11) is 2.88. The number of rotatable bonds is 4. The van der Waals surface area contributed by atoms with E-state index in [-0.39, 0.29) is 0 Å². The maximum absolute atomic E-state index is 11.2. The van der Waals surface area contributed by atoms with Crippen LogP contribution < -0.4 is 0 Å². The minimum absolute atomic E-state index is 0.830. The molecule has 0 N–H and O–H groups in total. The van der Waals surface area contributed by atoms with E-state index in [2.05, 4.69) is 0 Å². The van der Waals surface area contributed by atoms with E-state index in [0.717, 1.165) is 0 Å². The van der Waals surface area contributed by atoms with E-state index in [1.165, 1.54) is 14.2 Å². The van der Waals surface area contributed by atoms with Crippen LogP contribution in [0.2, 0.25) is 0 Å². The zero-order chi connectivity index (χ0) is 11.4. The standard InChI is InChI=1S/C9H18O5/c1-8(2,11-5)13-7(10)14-9(3,4)12-6/h1-6H3. The van der Waals surface area contributed by atoms with E-state index < -0.39 is 17.7 Å². The Morgan fingerprint density at radius 1 is 0.857 bits per heavy atom. The van der Waals surface area contributed by atoms with Crippen LogP contribution in [0.25, 0.3) is 0 Å². The van der Waals surface area contributed by atoms with Gasteiger partial charge in [-0.25, -0.2) is 4.79 Å². The van der Waals surface area contributed by atoms with Gasteiger partial charge in [0.15, 0.2) is 0 Å². The van der Waals surface area contributed by atoms with Crippen LogP contribution in [0.15, 0.2) is 0 Å². The van der Waals surface area contributed by atoms with Crippen molar-refractivity contribution < 1.29 is 23.7 Å². The zero-order valence-electron chi connectivity index (χ0n) is 9.54. The van der Waals surface area contributed by atoms with E-state index in [9.17, 15) is 4.79 Å². The molecule has 0 aliphatic rings. The van der Waals surface area contributed by atoms with Gasteiger partial charge in [0.1, 0.15) is 0 Å². The van der Waals surface area contributed by atoms with Crippen molar-refractivity contribution >= 4 is 6.16 Å². The highest BCUT2D eigenvalue weighted by molar-refractivity contribution is 5.60. The second-order valence-corrected chi connectivity index (χ2v) is 3.66. The molecule has 0 amide bonds. The summed E-state index contributed by atoms with van der Waals surface area (Å²) in [6.07, 6.45) is -0.830. The van der Waals surface area contributed by atoms with Gasteiger partial charge in [-0.1, -0.05) is 0 Å². The lowest BCUT2D eigenvalue weighted by Crippen LogP contribution is -2.36. The molecule has 84 valence electrons. The maximum atomic E-state index is 11.2. The lowest BCUT2D eigenvalue weighted by molar-refractivity contribution is -0.216. The number of carbonyl (C=O) groups excluding carboxylic acids is 1. The second kappa shape index (κ2) is 4.61. The van der Waals surface area contributed by atoms with Crippen molar-refractivity contribution in [2.24, 2.45) is 0 Å². The maximum Gasteiger partial charge on any atom is 0.513 e. The van der Waals surface area contributed by atoms with Crippen molar-refractivity contribution in [1.82, 2.24) is 0 Å². The summed E-state index contributed by atoms with van der Waals surface area (Å²) in [6.45, 7) is 6.42. The lowest BCUT2D eigenvalue weighted by Gasteiger charge is -2.27. The molecule has 0 unspecified atom stereocenters. The third-order valence-corrected chi connectivity index (χ3v) is 1.64. The Bertz CT molecular complexity index is 177. The van der Waals surface area contributed by atoms with Crippen molar-refractivity contribution in [3.63, 3.8) is 0 Å². The van der Waals surface area contributed by atoms with Crippen LogP contribution in [-0.2, 0) is 18.9 Å². The fourth-order valence-corrected chi connectivity index (χ4v) is 0.506. The Morgan fingerprint density at radius 2 is 1.14 bits per heavy atom. The van der Waals surface area contributed by atoms with Crippen molar-refractivity contribution in [2.75, 3.05) is 14.2 Å². The van der Waals surface area contributed by atoms with Crippen molar-refractivity contribution in [3.05, 3.63) is 0 Å². The smallest absolute Gasteiger partial charge is 0.402 e. The van der Waals surface area contributed by atoms with Crippen LogP contribution in [0.4, 0.5) is 4.79 Å². The number of hydrogen-bond acceptors (Lipinski definition) is 5. The molecule has 0 aliphatic carbocycles. The summed E-state index contributed by atoms with van der Waals surface area (Å²) in [5.41, 5.74) is 0. The summed E-state index contributed by atoms with van der Waals surface area (Å²) in [4.78, 5) is 11.2. The first-order chi connectivity index (χ1) is 6.22. The number of carbonyl (C=O) groups is 1. The molecule has 0 heterocycles. The predicted octanol–water partition coefficient (Wildman–Crippen LogP) is 1.90. The monoisotopic (exact) mass is 206 g/mol. The molecule has 0 aromatic rings. The molecular weight excluding hydrogens is 188 g/mol. The fourth-order valence-electron chi connectivity index (χ4n) is 0.506. The highest BCUT2D eigenvalue weighted by Crippen LogP contribution is 2.15. The topological polar surface area (TPSA) is 54.0 Å². The highest BCUT2D eigenvalue weighted by Gasteiger charge is 2.28. The first-order valence-electron chi connectivity index (χ1n) is 4.25. The zero-order valence-corrected chi connectivity index (χ0v) is 9.54. The SMILES string of the molecule is COC(C)(C)OC(=O)OC(C)(C)OC. The molecule has 0 saturated heterocycles. The summed E-state index contributed by atoms with van der Waals surface area (Å²) in [5, 5.41) is 0. The minimum Gasteiger partial charge on any atom is -0.402 e. The van der Waals surface area contributed by atoms with Gasteiger partial charge in [0, 0.05) is 41.9 Å². The van der Waals surface area contributed by atoms with Gasteiger partial charge in [-0.05, 0) is 0 Å². The van der Waals surface area contributed by atoms with Crippen LogP contribution in [0.5, 0.6) is 0 Å². The van der Waals surface area contributed by atoms with Crippen molar-refractivity contribution in [2.45, 2.75) is 39.3 Å². The van der Waals surface area contributed by atoms with Crippen LogP contribution in [-0.4, -0.2) is 31.9 Å². The number of hydrogen-bond donors (Lipinski definition) is 0. The molecule has 0 fully saturated rings. The summed E-state index contributed by atoms with van der Waals surface area (Å²) in [6, 6.07) is 0. The molecule has 5 nitrogen and oxygen atoms in total. The fraction of sp³-hybridized carbons (Fsp3) is 0.889. The average Bonchev–Trinajstić information content (AvgIpc) is 2.02. The van der Waals surface area contributed by atoms with E-state index in [4.69, 9.17) is 18.9 Å². The van der Waals surface area contributed by atoms with E-state index in [1.54, 1.807) is 27.7 Å². The van der Waals surface area contributed by atoms with Gasteiger partial charge in [0.25, 0.3) is 0 Å². The summed E-state index contributed by atoms with van der Waals surface area (Å²) < 4.78 is 19.5. The molecule has 0 radical (unpaired) electrons. The lowest BCUT2D eigenvalue weighted by atomic mass is 10.4. The Kier molecular flexibility index (Phi) is 4.35. The first-order valence-corrected chi connectivity index (χ1v) is 4.25. The van der Waals surface area contributed by atoms with Crippen LogP contribution in [0.1, 0.15) is 27.7 Å². The quantitative estimate of drug-likeness (QED) is 0.519. The molecule has 0 aromatic carbocycles. The summed E-state index contributed by atoms with van der Waals surface area (Å²) in [5.74, 6) is -2.00. The third kappa shape index (κ3) is 5.04. The van der Waals surface area contributed by atoms with Crippen LogP contribution in [0.3, 0.4) is 0 Å². The minimum atomic E-state index is -0.999.